The summed E-state index contributed by atoms with van der Waals surface area (Å²) in [6.07, 6.45) is 1.90. The maximum Gasteiger partial charge on any atom is 0.144 e. The third-order valence-corrected chi connectivity index (χ3v) is 6.49. The van der Waals surface area contributed by atoms with Crippen LogP contribution < -0.4 is 4.98 Å². The maximum absolute atomic E-state index is 4.67. The first kappa shape index (κ1) is 17.7. The molecule has 0 aliphatic heterocycles. The zero-order chi connectivity index (χ0) is 17.1. The second kappa shape index (κ2) is 6.85. The van der Waals surface area contributed by atoms with Gasteiger partial charge in [0.25, 0.3) is 0 Å². The fourth-order valence-electron chi connectivity index (χ4n) is 2.66. The average Bonchev–Trinajstić information content (AvgIpc) is 2.46. The van der Waals surface area contributed by atoms with E-state index < -0.39 is 16.3 Å². The van der Waals surface area contributed by atoms with Crippen molar-refractivity contribution in [3.8, 4) is 0 Å². The van der Waals surface area contributed by atoms with Crippen LogP contribution in [0.25, 0.3) is 10.9 Å². The number of pyridine rings is 1. The highest BCUT2D eigenvalue weighted by molar-refractivity contribution is 6.95. The van der Waals surface area contributed by atoms with Crippen molar-refractivity contribution in [3.05, 3.63) is 66.0 Å². The predicted molar refractivity (Wildman–Crippen MR) is 107 cm³/mol. The lowest BCUT2D eigenvalue weighted by Gasteiger charge is -2.30. The number of nitrogens with zero attached hydrogens (tertiary/aromatic N) is 1. The standard InChI is InChI=1S/C19H28N2Si2/c1-22(2,3)19(17-14-10-11-15-20-17)18(21-23(4,5)6)16-12-8-7-9-13-16/h7-15,21H,1-6H3/b19-18+. The molecule has 4 heteroatoms. The van der Waals surface area contributed by atoms with Gasteiger partial charge in [-0.1, -0.05) is 75.7 Å². The van der Waals surface area contributed by atoms with Gasteiger partial charge in [-0.15, -0.1) is 0 Å². The molecule has 2 aromatic rings. The summed E-state index contributed by atoms with van der Waals surface area (Å²) in [6, 6.07) is 16.9. The summed E-state index contributed by atoms with van der Waals surface area (Å²) in [7, 11) is -3.09. The van der Waals surface area contributed by atoms with Gasteiger partial charge in [0.2, 0.25) is 0 Å². The molecule has 0 aliphatic carbocycles. The molecule has 0 spiro atoms. The van der Waals surface area contributed by atoms with Crippen LogP contribution in [0.3, 0.4) is 0 Å². The molecular formula is C19H28N2Si2. The Balaban J connectivity index is 2.74. The topological polar surface area (TPSA) is 24.9 Å². The van der Waals surface area contributed by atoms with Crippen molar-refractivity contribution in [2.24, 2.45) is 0 Å². The van der Waals surface area contributed by atoms with Crippen molar-refractivity contribution in [1.82, 2.24) is 9.97 Å². The van der Waals surface area contributed by atoms with Crippen molar-refractivity contribution in [3.63, 3.8) is 0 Å². The van der Waals surface area contributed by atoms with E-state index in [1.54, 1.807) is 0 Å². The van der Waals surface area contributed by atoms with E-state index in [4.69, 9.17) is 0 Å². The van der Waals surface area contributed by atoms with E-state index >= 15 is 0 Å². The summed E-state index contributed by atoms with van der Waals surface area (Å²) in [5.41, 5.74) is 3.65. The quantitative estimate of drug-likeness (QED) is 0.752. The molecule has 1 heterocycles. The molecule has 0 unspecified atom stereocenters. The Morgan fingerprint density at radius 2 is 1.43 bits per heavy atom. The smallest absolute Gasteiger partial charge is 0.144 e. The van der Waals surface area contributed by atoms with Crippen molar-refractivity contribution in [2.75, 3.05) is 0 Å². The zero-order valence-corrected chi connectivity index (χ0v) is 17.1. The minimum Gasteiger partial charge on any atom is -0.410 e. The van der Waals surface area contributed by atoms with Gasteiger partial charge in [-0.2, -0.15) is 0 Å². The number of nitrogens with one attached hydrogen (secondary N) is 1. The fraction of sp³-hybridized carbons (Fsp3) is 0.316. The molecule has 122 valence electrons. The lowest BCUT2D eigenvalue weighted by Crippen LogP contribution is -2.42. The molecule has 1 aromatic carbocycles. The minimum atomic E-state index is -1.60. The number of hydrogen-bond donors (Lipinski definition) is 1. The van der Waals surface area contributed by atoms with E-state index in [0.29, 0.717) is 0 Å². The first-order valence-electron chi connectivity index (χ1n) is 8.18. The molecular weight excluding hydrogens is 312 g/mol. The van der Waals surface area contributed by atoms with Crippen LogP contribution >= 0.6 is 0 Å². The summed E-state index contributed by atoms with van der Waals surface area (Å²) in [5, 5.41) is 1.41. The molecule has 0 atom stereocenters. The Morgan fingerprint density at radius 1 is 0.826 bits per heavy atom. The van der Waals surface area contributed by atoms with Crippen LogP contribution in [0.5, 0.6) is 0 Å². The van der Waals surface area contributed by atoms with Crippen molar-refractivity contribution >= 4 is 27.2 Å². The molecule has 0 saturated carbocycles. The molecule has 2 nitrogen and oxygen atoms in total. The summed E-state index contributed by atoms with van der Waals surface area (Å²) in [5.74, 6) is 0. The van der Waals surface area contributed by atoms with Crippen LogP contribution in [0, 0.1) is 0 Å². The Morgan fingerprint density at radius 3 is 1.91 bits per heavy atom. The molecule has 1 N–H and O–H groups in total. The summed E-state index contributed by atoms with van der Waals surface area (Å²) in [4.78, 5) is 8.57. The maximum atomic E-state index is 4.67. The third-order valence-electron chi connectivity index (χ3n) is 3.48. The third kappa shape index (κ3) is 4.91. The van der Waals surface area contributed by atoms with E-state index in [9.17, 15) is 0 Å². The number of benzene rings is 1. The number of rotatable bonds is 5. The van der Waals surface area contributed by atoms with E-state index in [1.165, 1.54) is 16.5 Å². The molecule has 0 saturated heterocycles. The van der Waals surface area contributed by atoms with Gasteiger partial charge in [0.1, 0.15) is 8.24 Å². The Labute approximate surface area is 142 Å². The van der Waals surface area contributed by atoms with Crippen LogP contribution in [0.15, 0.2) is 54.7 Å². The largest absolute Gasteiger partial charge is 0.410 e. The molecule has 0 aliphatic rings. The highest BCUT2D eigenvalue weighted by atomic mass is 28.3. The lowest BCUT2D eigenvalue weighted by molar-refractivity contribution is 1.24. The van der Waals surface area contributed by atoms with Gasteiger partial charge < -0.3 is 4.98 Å². The lowest BCUT2D eigenvalue weighted by atomic mass is 10.1. The normalized spacial score (nSPS) is 13.5. The van der Waals surface area contributed by atoms with Crippen LogP contribution in [0.2, 0.25) is 39.3 Å². The molecule has 0 amide bonds. The van der Waals surface area contributed by atoms with E-state index in [0.717, 1.165) is 5.69 Å². The fourth-order valence-corrected chi connectivity index (χ4v) is 5.67. The molecule has 23 heavy (non-hydrogen) atoms. The molecule has 1 aromatic heterocycles. The first-order valence-corrected chi connectivity index (χ1v) is 15.2. The van der Waals surface area contributed by atoms with Crippen LogP contribution in [0.1, 0.15) is 11.3 Å². The van der Waals surface area contributed by atoms with Crippen molar-refractivity contribution < 1.29 is 0 Å². The molecule has 0 fully saturated rings. The molecule has 2 rings (SSSR count). The number of aromatic nitrogens is 1. The van der Waals surface area contributed by atoms with Gasteiger partial charge in [-0.05, 0) is 22.9 Å². The van der Waals surface area contributed by atoms with Crippen LogP contribution in [0.4, 0.5) is 0 Å². The van der Waals surface area contributed by atoms with Crippen LogP contribution in [-0.2, 0) is 0 Å². The Kier molecular flexibility index (Phi) is 5.27. The van der Waals surface area contributed by atoms with Gasteiger partial charge in [0.05, 0.1) is 13.8 Å². The average molecular weight is 341 g/mol. The number of hydrogen-bond acceptors (Lipinski definition) is 2. The van der Waals surface area contributed by atoms with Gasteiger partial charge in [0.15, 0.2) is 0 Å². The summed E-state index contributed by atoms with van der Waals surface area (Å²) >= 11 is 0. The van der Waals surface area contributed by atoms with E-state index in [-0.39, 0.29) is 0 Å². The van der Waals surface area contributed by atoms with E-state index in [2.05, 4.69) is 91.7 Å². The Bertz CT molecular complexity index is 666. The molecule has 0 radical (unpaired) electrons. The van der Waals surface area contributed by atoms with Gasteiger partial charge >= 0.3 is 0 Å². The molecule has 0 bridgehead atoms. The highest BCUT2D eigenvalue weighted by Gasteiger charge is 2.28. The van der Waals surface area contributed by atoms with E-state index in [1.807, 2.05) is 12.3 Å². The summed E-state index contributed by atoms with van der Waals surface area (Å²) < 4.78 is 0. The monoisotopic (exact) mass is 340 g/mol. The van der Waals surface area contributed by atoms with Gasteiger partial charge in [0, 0.05) is 11.9 Å². The predicted octanol–water partition coefficient (Wildman–Crippen LogP) is 5.25. The van der Waals surface area contributed by atoms with Crippen LogP contribution in [-0.4, -0.2) is 21.3 Å². The SMILES string of the molecule is C[Si](C)(C)N/C(=C(\c1ccccn1)[Si](C)(C)C)c1ccccc1. The zero-order valence-electron chi connectivity index (χ0n) is 15.1. The second-order valence-electron chi connectivity index (χ2n) is 7.96. The summed E-state index contributed by atoms with van der Waals surface area (Å²) in [6.45, 7) is 14.2. The minimum absolute atomic E-state index is 1.11. The van der Waals surface area contributed by atoms with Gasteiger partial charge in [-0.3, -0.25) is 4.98 Å². The Hall–Kier alpha value is -1.66. The first-order chi connectivity index (χ1) is 10.7. The van der Waals surface area contributed by atoms with Gasteiger partial charge in [-0.25, -0.2) is 0 Å². The second-order valence-corrected chi connectivity index (χ2v) is 17.7. The van der Waals surface area contributed by atoms with Crippen molar-refractivity contribution in [1.29, 1.82) is 0 Å². The highest BCUT2D eigenvalue weighted by Crippen LogP contribution is 2.32. The van der Waals surface area contributed by atoms with Crippen molar-refractivity contribution in [2.45, 2.75) is 39.3 Å².